The summed E-state index contributed by atoms with van der Waals surface area (Å²) in [6, 6.07) is 12.8. The number of thioether (sulfide) groups is 1. The van der Waals surface area contributed by atoms with Crippen LogP contribution in [0, 0.1) is 25.2 Å². The molecule has 0 fully saturated rings. The second-order valence-corrected chi connectivity index (χ2v) is 26.9. The van der Waals surface area contributed by atoms with Crippen molar-refractivity contribution in [1.29, 1.82) is 5.26 Å². The summed E-state index contributed by atoms with van der Waals surface area (Å²) in [6.45, 7) is 2.64. The summed E-state index contributed by atoms with van der Waals surface area (Å²) in [5, 5.41) is 47.7. The largest absolute Gasteiger partial charge is 0.497 e. The Morgan fingerprint density at radius 1 is 0.651 bits per heavy atom. The summed E-state index contributed by atoms with van der Waals surface area (Å²) >= 11 is 1.77. The number of methoxy groups -OCH3 is 3. The van der Waals surface area contributed by atoms with Gasteiger partial charge in [0, 0.05) is 51.6 Å². The van der Waals surface area contributed by atoms with Crippen LogP contribution in [0.25, 0.3) is 37.7 Å². The Hall–Kier alpha value is -7.61. The number of pyridine rings is 1. The number of imidazole rings is 1. The summed E-state index contributed by atoms with van der Waals surface area (Å²) in [5.41, 5.74) is -1.04. The highest BCUT2D eigenvalue weighted by Gasteiger charge is 2.28. The van der Waals surface area contributed by atoms with Crippen molar-refractivity contribution in [2.75, 3.05) is 45.2 Å². The average Bonchev–Trinajstić information content (AvgIpc) is 1.87. The van der Waals surface area contributed by atoms with Crippen molar-refractivity contribution in [3.05, 3.63) is 71.3 Å². The van der Waals surface area contributed by atoms with Crippen LogP contribution in [0.1, 0.15) is 29.5 Å². The van der Waals surface area contributed by atoms with Gasteiger partial charge in [0.25, 0.3) is 50.6 Å². The molecule has 6 N–H and O–H groups in total. The molecule has 0 spiro atoms. The van der Waals surface area contributed by atoms with Gasteiger partial charge in [-0.2, -0.15) is 52.5 Å². The second kappa shape index (κ2) is 23.6. The monoisotopic (exact) mass is 1280 g/mol. The summed E-state index contributed by atoms with van der Waals surface area (Å²) in [6.07, 6.45) is -0.286. The van der Waals surface area contributed by atoms with Crippen LogP contribution in [-0.2, 0) is 50.6 Å². The molecule has 3 aromatic heterocycles. The zero-order valence-electron chi connectivity index (χ0n) is 43.2. The van der Waals surface area contributed by atoms with Gasteiger partial charge in [0.2, 0.25) is 11.0 Å². The van der Waals surface area contributed by atoms with E-state index in [4.69, 9.17) is 18.9 Å². The number of ether oxygens (including phenoxy) is 4. The van der Waals surface area contributed by atoms with Crippen molar-refractivity contribution in [3.8, 4) is 34.9 Å². The molecular formula is C46H42N10O20S7. The van der Waals surface area contributed by atoms with Gasteiger partial charge in [0.05, 0.1) is 65.8 Å². The number of aromatic nitrogens is 3. The number of nitriles is 1. The summed E-state index contributed by atoms with van der Waals surface area (Å²) in [5.74, 6) is -2.31. The molecule has 0 amide bonds. The number of nitrogens with zero attached hydrogens (tertiary/aromatic N) is 10. The minimum atomic E-state index is -5.01. The quantitative estimate of drug-likeness (QED) is 0.0159. The molecular weight excluding hydrogens is 1240 g/mol. The molecule has 37 heteroatoms. The van der Waals surface area contributed by atoms with Crippen LogP contribution in [-0.4, -0.2) is 130 Å². The molecule has 5 aromatic carbocycles. The molecule has 0 radical (unpaired) electrons. The Bertz CT molecular complexity index is 4740. The summed E-state index contributed by atoms with van der Waals surface area (Å²) in [4.78, 5) is 6.85. The zero-order chi connectivity index (χ0) is 60.7. The molecule has 8 aromatic rings. The van der Waals surface area contributed by atoms with Gasteiger partial charge in [-0.3, -0.25) is 27.2 Å². The normalized spacial score (nSPS) is 12.9. The Labute approximate surface area is 478 Å². The first-order valence-corrected chi connectivity index (χ1v) is 32.5. The number of thiazole rings is 1. The second-order valence-electron chi connectivity index (χ2n) is 17.4. The van der Waals surface area contributed by atoms with Crippen molar-refractivity contribution in [1.82, 2.24) is 14.4 Å². The highest BCUT2D eigenvalue weighted by molar-refractivity contribution is 7.99. The fourth-order valence-electron chi connectivity index (χ4n) is 8.10. The van der Waals surface area contributed by atoms with E-state index in [1.807, 2.05) is 6.07 Å². The third kappa shape index (κ3) is 13.6. The van der Waals surface area contributed by atoms with Crippen molar-refractivity contribution in [3.63, 3.8) is 0 Å². The number of benzene rings is 5. The van der Waals surface area contributed by atoms with E-state index in [2.05, 4.69) is 40.7 Å². The van der Waals surface area contributed by atoms with E-state index < -0.39 is 82.7 Å². The first-order valence-electron chi connectivity index (χ1n) is 23.2. The van der Waals surface area contributed by atoms with E-state index in [-0.39, 0.29) is 135 Å². The standard InChI is InChI=1S/C46H42N10O20S7/c1-22-12-30(51-54-40-23(2)28(21-47)44-48-33-13-24(73-3)14-39(83(70,71)72)42(33)56(44)45(40)57)36(76-8-6-10-79(58,59)60)18-29(22)50-53-32-19-35(75-5)31(20-37(32)77-9-7-11-80(61,62)63)52-55-46-49-41-38(82(67,68)69)17-26-27(43(41)78-46)15-25(81(64,65)66)16-34(26)74-4/h12-20,57H,6-11H2,1-5H3,(H,58,59,60)(H,61,62,63)(H,64,65,66)(H,67,68,69)(H,70,71,72). The van der Waals surface area contributed by atoms with Gasteiger partial charge in [0.1, 0.15) is 67.0 Å². The van der Waals surface area contributed by atoms with Crippen molar-refractivity contribution >= 4 is 145 Å². The van der Waals surface area contributed by atoms with Gasteiger partial charge >= 0.3 is 0 Å². The fourth-order valence-corrected chi connectivity index (χ4v) is 13.1. The number of aryl methyl sites for hydroxylation is 1. The van der Waals surface area contributed by atoms with Gasteiger partial charge in [-0.15, -0.1) is 37.3 Å². The van der Waals surface area contributed by atoms with Gasteiger partial charge < -0.3 is 24.1 Å². The summed E-state index contributed by atoms with van der Waals surface area (Å²) < 4.78 is 193. The van der Waals surface area contributed by atoms with E-state index in [1.165, 1.54) is 58.6 Å². The predicted octanol–water partition coefficient (Wildman–Crippen LogP) is 9.48. The Morgan fingerprint density at radius 2 is 1.28 bits per heavy atom. The lowest BCUT2D eigenvalue weighted by atomic mass is 10.1. The summed E-state index contributed by atoms with van der Waals surface area (Å²) in [7, 11) is -19.9. The van der Waals surface area contributed by atoms with Crippen LogP contribution in [0.3, 0.4) is 0 Å². The van der Waals surface area contributed by atoms with E-state index in [0.717, 1.165) is 51.8 Å². The van der Waals surface area contributed by atoms with Gasteiger partial charge in [-0.25, -0.2) is 9.97 Å². The zero-order valence-corrected chi connectivity index (χ0v) is 48.9. The van der Waals surface area contributed by atoms with Crippen LogP contribution >= 0.6 is 23.1 Å². The maximum atomic E-state index is 12.6. The van der Waals surface area contributed by atoms with Gasteiger partial charge in [0.15, 0.2) is 11.3 Å². The lowest BCUT2D eigenvalue weighted by Gasteiger charge is -2.12. The Morgan fingerprint density at radius 3 is 1.90 bits per heavy atom. The van der Waals surface area contributed by atoms with Crippen LogP contribution < -0.4 is 18.9 Å². The average molecular weight is 1280 g/mol. The lowest BCUT2D eigenvalue weighted by Crippen LogP contribution is -2.08. The van der Waals surface area contributed by atoms with E-state index in [0.29, 0.717) is 5.56 Å². The highest BCUT2D eigenvalue weighted by atomic mass is 32.2. The molecule has 3 heterocycles. The molecule has 0 saturated heterocycles. The Balaban J connectivity index is 1.21. The van der Waals surface area contributed by atoms with Crippen molar-refractivity contribution < 1.29 is 88.9 Å². The molecule has 83 heavy (non-hydrogen) atoms. The minimum Gasteiger partial charge on any atom is -0.497 e. The van der Waals surface area contributed by atoms with E-state index in [9.17, 15) is 75.2 Å². The lowest BCUT2D eigenvalue weighted by molar-refractivity contribution is 0.317. The number of hydrogen-bond acceptors (Lipinski definition) is 26. The number of rotatable bonds is 22. The third-order valence-corrected chi connectivity index (χ3v) is 18.2. The topological polar surface area (TPSA) is 457 Å². The number of azo groups is 3. The smallest absolute Gasteiger partial charge is 0.296 e. The maximum Gasteiger partial charge on any atom is 0.296 e. The predicted molar refractivity (Wildman–Crippen MR) is 298 cm³/mol. The number of aromatic hydroxyl groups is 1. The molecule has 0 aliphatic rings. The minimum absolute atomic E-state index is 0.00181. The van der Waals surface area contributed by atoms with E-state index >= 15 is 0 Å². The van der Waals surface area contributed by atoms with Crippen LogP contribution in [0.15, 0.2) is 105 Å². The molecule has 8 rings (SSSR count). The Kier molecular flexibility index (Phi) is 17.5. The van der Waals surface area contributed by atoms with Crippen molar-refractivity contribution in [2.45, 2.75) is 46.3 Å². The first kappa shape index (κ1) is 61.5. The van der Waals surface area contributed by atoms with Crippen molar-refractivity contribution in [2.24, 2.45) is 30.7 Å². The van der Waals surface area contributed by atoms with Gasteiger partial charge in [-0.1, -0.05) is 11.3 Å². The number of fused-ring (bicyclic) bond motifs is 6. The molecule has 0 aliphatic carbocycles. The number of hydrogen-bond donors (Lipinski definition) is 6. The molecule has 0 atom stereocenters. The van der Waals surface area contributed by atoms with Crippen LogP contribution in [0.4, 0.5) is 33.6 Å². The highest BCUT2D eigenvalue weighted by Crippen LogP contribution is 2.47. The first-order chi connectivity index (χ1) is 38.8. The molecule has 0 aliphatic heterocycles. The SMILES string of the molecule is COc1cc(S(=O)(=O)O)c2c(c1)nc1c(C#N)c(C)c(N=Nc3cc(C)c(N=Nc4cc(OC)c(N=Nc5nc6c(S(=O)(=O)O)cc7c(OC)cc(S(=O)(=O)O)cc7c6s5)cc4SCCCS(=O)(=O)O)cc3OCCCS(=O)(=O)O)c(O)n12. The van der Waals surface area contributed by atoms with Gasteiger partial charge in [-0.05, 0) is 62.3 Å². The molecule has 0 unspecified atom stereocenters. The molecule has 0 bridgehead atoms. The molecule has 30 nitrogen and oxygen atoms in total. The maximum absolute atomic E-state index is 12.6. The van der Waals surface area contributed by atoms with E-state index in [1.54, 1.807) is 6.92 Å². The molecule has 0 saturated carbocycles. The third-order valence-electron chi connectivity index (χ3n) is 11.9. The fraction of sp³-hybridized carbons (Fsp3) is 0.239. The molecule has 438 valence electrons. The van der Waals surface area contributed by atoms with Crippen LogP contribution in [0.2, 0.25) is 0 Å². The van der Waals surface area contributed by atoms with Crippen LogP contribution in [0.5, 0.6) is 28.9 Å².